The third-order valence-corrected chi connectivity index (χ3v) is 2.74. The summed E-state index contributed by atoms with van der Waals surface area (Å²) in [6.07, 6.45) is 4.27. The van der Waals surface area contributed by atoms with E-state index in [1.807, 2.05) is 7.05 Å². The standard InChI is InChI=1S/C9H18N2O.ClH/c1-11-6-7-2-4-8(5-3-7)9(10)12;/h7-8,11H,2-6H2,1H3,(H2,10,12);1H. The number of carbonyl (C=O) groups is 1. The molecule has 0 atom stereocenters. The van der Waals surface area contributed by atoms with Crippen LogP contribution < -0.4 is 11.1 Å². The van der Waals surface area contributed by atoms with E-state index in [1.54, 1.807) is 0 Å². The van der Waals surface area contributed by atoms with Gasteiger partial charge in [0.05, 0.1) is 0 Å². The highest BCUT2D eigenvalue weighted by atomic mass is 35.5. The van der Waals surface area contributed by atoms with Crippen LogP contribution >= 0.6 is 12.4 Å². The Morgan fingerprint density at radius 3 is 2.31 bits per heavy atom. The van der Waals surface area contributed by atoms with Crippen molar-refractivity contribution in [1.82, 2.24) is 5.32 Å². The van der Waals surface area contributed by atoms with Gasteiger partial charge in [-0.15, -0.1) is 12.4 Å². The number of nitrogens with one attached hydrogen (secondary N) is 1. The summed E-state index contributed by atoms with van der Waals surface area (Å²) in [5.41, 5.74) is 5.23. The quantitative estimate of drug-likeness (QED) is 0.722. The summed E-state index contributed by atoms with van der Waals surface area (Å²) >= 11 is 0. The zero-order valence-corrected chi connectivity index (χ0v) is 8.90. The monoisotopic (exact) mass is 206 g/mol. The fourth-order valence-corrected chi connectivity index (χ4v) is 1.94. The van der Waals surface area contributed by atoms with Crippen LogP contribution in [-0.2, 0) is 4.79 Å². The molecule has 3 nitrogen and oxygen atoms in total. The summed E-state index contributed by atoms with van der Waals surface area (Å²) in [7, 11) is 1.97. The molecule has 1 aliphatic carbocycles. The predicted octanol–water partition coefficient (Wildman–Crippen LogP) is 0.919. The Labute approximate surface area is 85.9 Å². The van der Waals surface area contributed by atoms with E-state index in [4.69, 9.17) is 5.73 Å². The largest absolute Gasteiger partial charge is 0.369 e. The summed E-state index contributed by atoms with van der Waals surface area (Å²) in [5.74, 6) is 0.793. The number of hydrogen-bond donors (Lipinski definition) is 2. The molecule has 0 unspecified atom stereocenters. The number of carbonyl (C=O) groups excluding carboxylic acids is 1. The Kier molecular flexibility index (Phi) is 6.08. The van der Waals surface area contributed by atoms with Crippen molar-refractivity contribution in [3.63, 3.8) is 0 Å². The molecule has 13 heavy (non-hydrogen) atoms. The minimum Gasteiger partial charge on any atom is -0.369 e. The Bertz CT molecular complexity index is 156. The van der Waals surface area contributed by atoms with Gasteiger partial charge in [0.15, 0.2) is 0 Å². The summed E-state index contributed by atoms with van der Waals surface area (Å²) in [4.78, 5) is 10.8. The maximum atomic E-state index is 10.8. The van der Waals surface area contributed by atoms with E-state index in [9.17, 15) is 4.79 Å². The van der Waals surface area contributed by atoms with Crippen molar-refractivity contribution in [2.24, 2.45) is 17.6 Å². The first-order chi connectivity index (χ1) is 5.74. The second-order valence-electron chi connectivity index (χ2n) is 3.68. The van der Waals surface area contributed by atoms with E-state index in [0.717, 1.165) is 38.1 Å². The molecule has 0 spiro atoms. The van der Waals surface area contributed by atoms with Crippen molar-refractivity contribution in [2.75, 3.05) is 13.6 Å². The molecule has 0 aliphatic heterocycles. The molecule has 0 saturated heterocycles. The molecule has 0 radical (unpaired) electrons. The van der Waals surface area contributed by atoms with Crippen molar-refractivity contribution in [3.05, 3.63) is 0 Å². The van der Waals surface area contributed by atoms with Crippen molar-refractivity contribution in [1.29, 1.82) is 0 Å². The lowest BCUT2D eigenvalue weighted by molar-refractivity contribution is -0.122. The van der Waals surface area contributed by atoms with Gasteiger partial charge in [0, 0.05) is 5.92 Å². The highest BCUT2D eigenvalue weighted by molar-refractivity contribution is 5.85. The van der Waals surface area contributed by atoms with Gasteiger partial charge in [-0.05, 0) is 45.2 Å². The lowest BCUT2D eigenvalue weighted by Crippen LogP contribution is -2.30. The van der Waals surface area contributed by atoms with Crippen LogP contribution in [0, 0.1) is 11.8 Å². The predicted molar refractivity (Wildman–Crippen MR) is 55.8 cm³/mol. The lowest BCUT2D eigenvalue weighted by atomic mass is 9.82. The molecule has 1 fully saturated rings. The van der Waals surface area contributed by atoms with E-state index in [2.05, 4.69) is 5.32 Å². The summed E-state index contributed by atoms with van der Waals surface area (Å²) in [6.45, 7) is 1.07. The number of amides is 1. The molecular formula is C9H19ClN2O. The van der Waals surface area contributed by atoms with Gasteiger partial charge >= 0.3 is 0 Å². The molecule has 0 aromatic carbocycles. The third-order valence-electron chi connectivity index (χ3n) is 2.74. The van der Waals surface area contributed by atoms with Crippen LogP contribution in [0.3, 0.4) is 0 Å². The highest BCUT2D eigenvalue weighted by Crippen LogP contribution is 2.27. The second kappa shape index (κ2) is 6.22. The zero-order valence-electron chi connectivity index (χ0n) is 8.08. The number of nitrogens with two attached hydrogens (primary N) is 1. The van der Waals surface area contributed by atoms with Crippen LogP contribution in [0.25, 0.3) is 0 Å². The normalized spacial score (nSPS) is 27.8. The Balaban J connectivity index is 0.00000144. The highest BCUT2D eigenvalue weighted by Gasteiger charge is 2.23. The minimum atomic E-state index is -0.113. The molecule has 1 amide bonds. The van der Waals surface area contributed by atoms with Crippen LogP contribution in [0.1, 0.15) is 25.7 Å². The van der Waals surface area contributed by atoms with Crippen molar-refractivity contribution >= 4 is 18.3 Å². The lowest BCUT2D eigenvalue weighted by Gasteiger charge is -2.26. The van der Waals surface area contributed by atoms with Gasteiger partial charge in [-0.1, -0.05) is 0 Å². The van der Waals surface area contributed by atoms with Crippen LogP contribution in [0.2, 0.25) is 0 Å². The van der Waals surface area contributed by atoms with E-state index < -0.39 is 0 Å². The molecule has 4 heteroatoms. The molecule has 1 saturated carbocycles. The number of rotatable bonds is 3. The van der Waals surface area contributed by atoms with Gasteiger partial charge in [0.25, 0.3) is 0 Å². The smallest absolute Gasteiger partial charge is 0.220 e. The first-order valence-corrected chi connectivity index (χ1v) is 4.68. The third kappa shape index (κ3) is 3.96. The fraction of sp³-hybridized carbons (Fsp3) is 0.889. The topological polar surface area (TPSA) is 55.1 Å². The van der Waals surface area contributed by atoms with E-state index in [0.29, 0.717) is 0 Å². The SMILES string of the molecule is CNCC1CCC(C(N)=O)CC1.Cl. The molecule has 1 rings (SSSR count). The molecule has 0 aromatic rings. The van der Waals surface area contributed by atoms with Crippen LogP contribution in [-0.4, -0.2) is 19.5 Å². The van der Waals surface area contributed by atoms with Crippen LogP contribution in [0.15, 0.2) is 0 Å². The molecule has 3 N–H and O–H groups in total. The molecule has 0 bridgehead atoms. The van der Waals surface area contributed by atoms with Gasteiger partial charge in [0.2, 0.25) is 5.91 Å². The van der Waals surface area contributed by atoms with E-state index >= 15 is 0 Å². The molecular weight excluding hydrogens is 188 g/mol. The Hall–Kier alpha value is -0.280. The van der Waals surface area contributed by atoms with Crippen molar-refractivity contribution < 1.29 is 4.79 Å². The summed E-state index contributed by atoms with van der Waals surface area (Å²) < 4.78 is 0. The van der Waals surface area contributed by atoms with Crippen molar-refractivity contribution in [2.45, 2.75) is 25.7 Å². The maximum absolute atomic E-state index is 10.8. The second-order valence-corrected chi connectivity index (χ2v) is 3.68. The van der Waals surface area contributed by atoms with Gasteiger partial charge < -0.3 is 11.1 Å². The average molecular weight is 207 g/mol. The first-order valence-electron chi connectivity index (χ1n) is 4.68. The molecule has 0 aromatic heterocycles. The van der Waals surface area contributed by atoms with Gasteiger partial charge in [-0.25, -0.2) is 0 Å². The van der Waals surface area contributed by atoms with Gasteiger partial charge in [0.1, 0.15) is 0 Å². The Morgan fingerprint density at radius 1 is 1.38 bits per heavy atom. The van der Waals surface area contributed by atoms with Crippen LogP contribution in [0.5, 0.6) is 0 Å². The molecule has 78 valence electrons. The van der Waals surface area contributed by atoms with Gasteiger partial charge in [-0.3, -0.25) is 4.79 Å². The summed E-state index contributed by atoms with van der Waals surface area (Å²) in [6, 6.07) is 0. The van der Waals surface area contributed by atoms with Crippen LogP contribution in [0.4, 0.5) is 0 Å². The molecule has 0 heterocycles. The van der Waals surface area contributed by atoms with Gasteiger partial charge in [-0.2, -0.15) is 0 Å². The number of halogens is 1. The minimum absolute atomic E-state index is 0. The maximum Gasteiger partial charge on any atom is 0.220 e. The zero-order chi connectivity index (χ0) is 8.97. The number of primary amides is 1. The first kappa shape index (κ1) is 12.7. The van der Waals surface area contributed by atoms with E-state index in [-0.39, 0.29) is 24.2 Å². The van der Waals surface area contributed by atoms with Crippen molar-refractivity contribution in [3.8, 4) is 0 Å². The average Bonchev–Trinajstić information content (AvgIpc) is 2.06. The number of hydrogen-bond acceptors (Lipinski definition) is 2. The fourth-order valence-electron chi connectivity index (χ4n) is 1.94. The Morgan fingerprint density at radius 2 is 1.92 bits per heavy atom. The van der Waals surface area contributed by atoms with E-state index in [1.165, 1.54) is 0 Å². The molecule has 1 aliphatic rings. The summed E-state index contributed by atoms with van der Waals surface area (Å²) in [5, 5.41) is 3.17.